The number of Topliss-reactive ketones (excluding diaryl/α,β-unsaturated/α-hetero) is 1. The molecule has 1 aromatic carbocycles. The maximum absolute atomic E-state index is 11.1. The summed E-state index contributed by atoms with van der Waals surface area (Å²) < 4.78 is 0. The van der Waals surface area contributed by atoms with E-state index in [4.69, 9.17) is 5.53 Å². The van der Waals surface area contributed by atoms with Gasteiger partial charge in [-0.15, -0.1) is 0 Å². The number of aromatic hydroxyl groups is 1. The van der Waals surface area contributed by atoms with Gasteiger partial charge in [0.05, 0.1) is 0 Å². The molecule has 0 aliphatic heterocycles. The third-order valence-corrected chi connectivity index (χ3v) is 2.50. The van der Waals surface area contributed by atoms with E-state index < -0.39 is 0 Å². The Morgan fingerprint density at radius 2 is 2.00 bits per heavy atom. The Bertz CT molecular complexity index is 437. The van der Waals surface area contributed by atoms with Gasteiger partial charge in [0.25, 0.3) is 0 Å². The van der Waals surface area contributed by atoms with Crippen LogP contribution < -0.4 is 0 Å². The van der Waals surface area contributed by atoms with E-state index in [1.807, 2.05) is 13.8 Å². The molecule has 0 heterocycles. The van der Waals surface area contributed by atoms with Gasteiger partial charge in [0.2, 0.25) is 5.78 Å². The minimum atomic E-state index is -0.214. The van der Waals surface area contributed by atoms with Crippen LogP contribution in [0.3, 0.4) is 0 Å². The van der Waals surface area contributed by atoms with Crippen molar-refractivity contribution in [2.45, 2.75) is 26.7 Å². The van der Waals surface area contributed by atoms with Gasteiger partial charge in [-0.3, -0.25) is 4.79 Å². The highest BCUT2D eigenvalue weighted by atomic mass is 16.3. The van der Waals surface area contributed by atoms with Crippen LogP contribution in [0.1, 0.15) is 23.1 Å². The lowest BCUT2D eigenvalue weighted by Gasteiger charge is -2.08. The molecule has 1 N–H and O–H groups in total. The van der Waals surface area contributed by atoms with Gasteiger partial charge >= 0.3 is 6.21 Å². The summed E-state index contributed by atoms with van der Waals surface area (Å²) in [6.07, 6.45) is 1.80. The number of benzene rings is 1. The number of rotatable bonds is 4. The van der Waals surface area contributed by atoms with Gasteiger partial charge in [-0.1, -0.05) is 0 Å². The first-order valence-corrected chi connectivity index (χ1v) is 5.04. The number of nitrogens with zero attached hydrogens (tertiary/aromatic N) is 2. The summed E-state index contributed by atoms with van der Waals surface area (Å²) in [5, 5.41) is 9.36. The van der Waals surface area contributed by atoms with E-state index in [0.717, 1.165) is 22.9 Å². The second-order valence-corrected chi connectivity index (χ2v) is 3.77. The first-order chi connectivity index (χ1) is 7.54. The van der Waals surface area contributed by atoms with Gasteiger partial charge in [-0.05, 0) is 49.1 Å². The molecule has 1 aromatic rings. The molecule has 1 rings (SSSR count). The zero-order valence-corrected chi connectivity index (χ0v) is 9.40. The summed E-state index contributed by atoms with van der Waals surface area (Å²) in [5.41, 5.74) is 11.2. The van der Waals surface area contributed by atoms with Crippen LogP contribution >= 0.6 is 0 Å². The van der Waals surface area contributed by atoms with E-state index in [1.54, 1.807) is 12.1 Å². The minimum Gasteiger partial charge on any atom is -0.508 e. The molecule has 0 aromatic heterocycles. The summed E-state index contributed by atoms with van der Waals surface area (Å²) in [6.45, 7) is 3.79. The largest absolute Gasteiger partial charge is 0.508 e. The van der Waals surface area contributed by atoms with Crippen LogP contribution in [0, 0.1) is 13.8 Å². The highest BCUT2D eigenvalue weighted by molar-refractivity contribution is 6.25. The number of carbonyl (C=O) groups excluding carboxylic acids is 1. The van der Waals surface area contributed by atoms with E-state index >= 15 is 0 Å². The monoisotopic (exact) mass is 218 g/mol. The predicted octanol–water partition coefficient (Wildman–Crippen LogP) is 1.81. The van der Waals surface area contributed by atoms with Crippen molar-refractivity contribution in [3.63, 3.8) is 0 Å². The summed E-state index contributed by atoms with van der Waals surface area (Å²) in [5.74, 6) is 0.0244. The van der Waals surface area contributed by atoms with Gasteiger partial charge in [0, 0.05) is 6.42 Å². The molecular weight excluding hydrogens is 204 g/mol. The van der Waals surface area contributed by atoms with Crippen LogP contribution in [-0.4, -0.2) is 21.9 Å². The number of aryl methyl sites for hydroxylation is 2. The first-order valence-electron chi connectivity index (χ1n) is 5.04. The van der Waals surface area contributed by atoms with Gasteiger partial charge in [-0.2, -0.15) is 4.79 Å². The molecule has 0 spiro atoms. The van der Waals surface area contributed by atoms with Crippen molar-refractivity contribution in [2.24, 2.45) is 0 Å². The van der Waals surface area contributed by atoms with Crippen molar-refractivity contribution in [2.75, 3.05) is 0 Å². The summed E-state index contributed by atoms with van der Waals surface area (Å²) in [6, 6.07) is 3.35. The Hall–Kier alpha value is -1.93. The molecule has 0 aliphatic rings. The molecule has 0 aliphatic carbocycles. The number of hydrogen-bond donors (Lipinski definition) is 1. The SMILES string of the molecule is Cc1cc(O)cc(C)c1CCC(=O)C=[N+]=[N-]. The van der Waals surface area contributed by atoms with E-state index in [-0.39, 0.29) is 11.5 Å². The number of ketones is 1. The number of carbonyl (C=O) groups is 1. The quantitative estimate of drug-likeness (QED) is 0.475. The fraction of sp³-hybridized carbons (Fsp3) is 0.333. The molecule has 0 atom stereocenters. The van der Waals surface area contributed by atoms with Crippen molar-refractivity contribution in [3.05, 3.63) is 34.4 Å². The van der Waals surface area contributed by atoms with E-state index in [0.29, 0.717) is 12.8 Å². The van der Waals surface area contributed by atoms with Gasteiger partial charge in [0.1, 0.15) is 5.75 Å². The van der Waals surface area contributed by atoms with Crippen LogP contribution in [-0.2, 0) is 11.2 Å². The lowest BCUT2D eigenvalue weighted by Crippen LogP contribution is -2.04. The average molecular weight is 218 g/mol. The molecule has 0 saturated carbocycles. The highest BCUT2D eigenvalue weighted by Gasteiger charge is 2.08. The van der Waals surface area contributed by atoms with E-state index in [2.05, 4.69) is 4.79 Å². The highest BCUT2D eigenvalue weighted by Crippen LogP contribution is 2.21. The maximum Gasteiger partial charge on any atom is 0.323 e. The van der Waals surface area contributed by atoms with Gasteiger partial charge < -0.3 is 10.6 Å². The van der Waals surface area contributed by atoms with Crippen LogP contribution in [0.15, 0.2) is 12.1 Å². The molecule has 0 bridgehead atoms. The van der Waals surface area contributed by atoms with Crippen molar-refractivity contribution in [1.29, 1.82) is 0 Å². The third-order valence-electron chi connectivity index (χ3n) is 2.50. The van der Waals surface area contributed by atoms with Crippen molar-refractivity contribution >= 4 is 12.0 Å². The van der Waals surface area contributed by atoms with Crippen LogP contribution in [0.5, 0.6) is 5.75 Å². The minimum absolute atomic E-state index is 0.214. The zero-order valence-electron chi connectivity index (χ0n) is 9.40. The maximum atomic E-state index is 11.1. The van der Waals surface area contributed by atoms with Gasteiger partial charge in [-0.25, -0.2) is 0 Å². The van der Waals surface area contributed by atoms with Crippen LogP contribution in [0.4, 0.5) is 0 Å². The summed E-state index contributed by atoms with van der Waals surface area (Å²) in [4.78, 5) is 13.8. The zero-order chi connectivity index (χ0) is 12.1. The first kappa shape index (κ1) is 12.1. The Labute approximate surface area is 94.2 Å². The molecule has 0 saturated heterocycles. The Balaban J connectivity index is 2.82. The molecule has 0 fully saturated rings. The molecule has 0 radical (unpaired) electrons. The Kier molecular flexibility index (Phi) is 3.97. The number of phenolic OH excluding ortho intramolecular Hbond substituents is 1. The smallest absolute Gasteiger partial charge is 0.323 e. The average Bonchev–Trinajstić information content (AvgIpc) is 2.16. The predicted molar refractivity (Wildman–Crippen MR) is 60.6 cm³/mol. The molecule has 0 unspecified atom stereocenters. The molecule has 16 heavy (non-hydrogen) atoms. The molecule has 4 heteroatoms. The van der Waals surface area contributed by atoms with Crippen molar-refractivity contribution in [1.82, 2.24) is 0 Å². The second kappa shape index (κ2) is 5.24. The second-order valence-electron chi connectivity index (χ2n) is 3.77. The van der Waals surface area contributed by atoms with Crippen molar-refractivity contribution in [3.8, 4) is 5.75 Å². The number of phenols is 1. The molecule has 0 amide bonds. The lowest BCUT2D eigenvalue weighted by atomic mass is 9.97. The standard InChI is InChI=1S/C12H14N2O2/c1-8-5-11(16)6-9(2)12(8)4-3-10(15)7-14-13/h5-7,16H,3-4H2,1-2H3. The van der Waals surface area contributed by atoms with Crippen LogP contribution in [0.25, 0.3) is 5.53 Å². The Morgan fingerprint density at radius 3 is 2.50 bits per heavy atom. The molecule has 84 valence electrons. The van der Waals surface area contributed by atoms with Crippen molar-refractivity contribution < 1.29 is 14.7 Å². The molecule has 4 nitrogen and oxygen atoms in total. The summed E-state index contributed by atoms with van der Waals surface area (Å²) in [7, 11) is 0. The lowest BCUT2D eigenvalue weighted by molar-refractivity contribution is -0.116. The van der Waals surface area contributed by atoms with E-state index in [9.17, 15) is 9.90 Å². The molecular formula is C12H14N2O2. The third kappa shape index (κ3) is 3.04. The topological polar surface area (TPSA) is 73.7 Å². The fourth-order valence-electron chi connectivity index (χ4n) is 1.74. The number of hydrogen-bond acceptors (Lipinski definition) is 2. The van der Waals surface area contributed by atoms with Crippen LogP contribution in [0.2, 0.25) is 0 Å². The Morgan fingerprint density at radius 1 is 1.44 bits per heavy atom. The normalized spacial score (nSPS) is 9.62. The van der Waals surface area contributed by atoms with Gasteiger partial charge in [0.15, 0.2) is 0 Å². The summed E-state index contributed by atoms with van der Waals surface area (Å²) >= 11 is 0. The van der Waals surface area contributed by atoms with E-state index in [1.165, 1.54) is 0 Å². The fourth-order valence-corrected chi connectivity index (χ4v) is 1.74.